The van der Waals surface area contributed by atoms with Crippen molar-refractivity contribution >= 4 is 39.2 Å². The Labute approximate surface area is 183 Å². The number of nitrogens with one attached hydrogen (secondary N) is 1. The van der Waals surface area contributed by atoms with Crippen LogP contribution in [0.3, 0.4) is 0 Å². The summed E-state index contributed by atoms with van der Waals surface area (Å²) in [5.41, 5.74) is 0.604. The van der Waals surface area contributed by atoms with Gasteiger partial charge in [-0.25, -0.2) is 4.98 Å². The van der Waals surface area contributed by atoms with Crippen LogP contribution in [-0.2, 0) is 11.3 Å². The summed E-state index contributed by atoms with van der Waals surface area (Å²) in [6.07, 6.45) is 7.85. The third-order valence-corrected chi connectivity index (χ3v) is 7.40. The van der Waals surface area contributed by atoms with E-state index in [-0.39, 0.29) is 23.3 Å². The normalized spacial score (nSPS) is 19.1. The molecule has 3 aromatic rings. The first-order valence-electron chi connectivity index (χ1n) is 10.2. The molecule has 0 saturated heterocycles. The summed E-state index contributed by atoms with van der Waals surface area (Å²) in [6, 6.07) is 3.87. The van der Waals surface area contributed by atoms with Crippen molar-refractivity contribution in [3.8, 4) is 11.3 Å². The van der Waals surface area contributed by atoms with Crippen LogP contribution in [0.15, 0.2) is 50.8 Å². The molecule has 1 aliphatic rings. The van der Waals surface area contributed by atoms with Crippen molar-refractivity contribution in [3.05, 3.63) is 46.8 Å². The number of hydrogen-bond acceptors (Lipinski definition) is 6. The monoisotopic (exact) mass is 443 g/mol. The number of amides is 1. The molecule has 0 aromatic carbocycles. The topological polar surface area (TPSA) is 77.1 Å². The van der Waals surface area contributed by atoms with Gasteiger partial charge >= 0.3 is 0 Å². The minimum atomic E-state index is -0.142. The molecule has 0 aliphatic heterocycles. The van der Waals surface area contributed by atoms with Crippen molar-refractivity contribution in [3.63, 3.8) is 0 Å². The van der Waals surface area contributed by atoms with Crippen molar-refractivity contribution in [2.24, 2.45) is 5.92 Å². The highest BCUT2D eigenvalue weighted by molar-refractivity contribution is 7.99. The van der Waals surface area contributed by atoms with Crippen LogP contribution in [0, 0.1) is 5.92 Å². The molecule has 1 amide bonds. The number of furan rings is 1. The summed E-state index contributed by atoms with van der Waals surface area (Å²) < 4.78 is 7.06. The molecule has 1 aliphatic carbocycles. The van der Waals surface area contributed by atoms with E-state index in [0.29, 0.717) is 33.6 Å². The average Bonchev–Trinajstić information content (AvgIpc) is 3.40. The van der Waals surface area contributed by atoms with Crippen LogP contribution in [0.5, 0.6) is 0 Å². The van der Waals surface area contributed by atoms with Gasteiger partial charge in [0.2, 0.25) is 5.91 Å². The fourth-order valence-electron chi connectivity index (χ4n) is 3.93. The molecule has 2 atom stereocenters. The highest BCUT2D eigenvalue weighted by Crippen LogP contribution is 2.32. The van der Waals surface area contributed by atoms with Gasteiger partial charge < -0.3 is 9.73 Å². The summed E-state index contributed by atoms with van der Waals surface area (Å²) in [6.45, 7) is 6.30. The first-order valence-corrected chi connectivity index (χ1v) is 12.0. The SMILES string of the molecule is C=CCn1c(SCC(=O)NC2CCCCC2C)nc2scc(-c3ccco3)c2c1=O. The van der Waals surface area contributed by atoms with E-state index in [0.717, 1.165) is 24.8 Å². The predicted octanol–water partition coefficient (Wildman–Crippen LogP) is 4.69. The van der Waals surface area contributed by atoms with Crippen LogP contribution in [0.25, 0.3) is 21.5 Å². The Kier molecular flexibility index (Phi) is 6.43. The number of carbonyl (C=O) groups excluding carboxylic acids is 1. The summed E-state index contributed by atoms with van der Waals surface area (Å²) in [5.74, 6) is 1.37. The summed E-state index contributed by atoms with van der Waals surface area (Å²) in [5, 5.41) is 6.13. The Bertz CT molecular complexity index is 1100. The number of nitrogens with zero attached hydrogens (tertiary/aromatic N) is 2. The standard InChI is InChI=1S/C22H25N3O3S2/c1-3-10-25-21(27)19-15(17-9-6-11-28-17)12-29-20(19)24-22(25)30-13-18(26)23-16-8-5-4-7-14(16)2/h3,6,9,11-12,14,16H,1,4-5,7-8,10,13H2,2H3,(H,23,26). The van der Waals surface area contributed by atoms with Crippen LogP contribution < -0.4 is 10.9 Å². The lowest BCUT2D eigenvalue weighted by Crippen LogP contribution is -2.41. The second-order valence-corrected chi connectivity index (χ2v) is 9.43. The Morgan fingerprint density at radius 3 is 3.03 bits per heavy atom. The zero-order valence-corrected chi connectivity index (χ0v) is 18.6. The quantitative estimate of drug-likeness (QED) is 0.326. The third kappa shape index (κ3) is 4.25. The van der Waals surface area contributed by atoms with Gasteiger partial charge in [0.25, 0.3) is 5.56 Å². The number of fused-ring (bicyclic) bond motifs is 1. The average molecular weight is 444 g/mol. The van der Waals surface area contributed by atoms with Gasteiger partial charge in [-0.3, -0.25) is 14.2 Å². The smallest absolute Gasteiger partial charge is 0.263 e. The van der Waals surface area contributed by atoms with Crippen LogP contribution in [0.2, 0.25) is 0 Å². The lowest BCUT2D eigenvalue weighted by atomic mass is 9.86. The molecule has 1 saturated carbocycles. The Balaban J connectivity index is 1.57. The van der Waals surface area contributed by atoms with Crippen LogP contribution in [-0.4, -0.2) is 27.3 Å². The molecule has 3 heterocycles. The van der Waals surface area contributed by atoms with E-state index in [1.807, 2.05) is 11.4 Å². The third-order valence-electron chi connectivity index (χ3n) is 5.55. The second-order valence-electron chi connectivity index (χ2n) is 7.63. The minimum absolute atomic E-state index is 0.0132. The minimum Gasteiger partial charge on any atom is -0.464 e. The van der Waals surface area contributed by atoms with Gasteiger partial charge in [-0.15, -0.1) is 17.9 Å². The van der Waals surface area contributed by atoms with Gasteiger partial charge in [-0.05, 0) is 30.9 Å². The number of thioether (sulfide) groups is 1. The Hall–Kier alpha value is -2.32. The van der Waals surface area contributed by atoms with Gasteiger partial charge in [0, 0.05) is 23.5 Å². The molecular formula is C22H25N3O3S2. The lowest BCUT2D eigenvalue weighted by Gasteiger charge is -2.29. The summed E-state index contributed by atoms with van der Waals surface area (Å²) in [7, 11) is 0. The maximum absolute atomic E-state index is 13.2. The van der Waals surface area contributed by atoms with Crippen molar-refractivity contribution in [2.75, 3.05) is 5.75 Å². The predicted molar refractivity (Wildman–Crippen MR) is 122 cm³/mol. The molecule has 2 unspecified atom stereocenters. The zero-order valence-electron chi connectivity index (χ0n) is 16.9. The molecule has 8 heteroatoms. The van der Waals surface area contributed by atoms with Gasteiger partial charge in [0.15, 0.2) is 5.16 Å². The van der Waals surface area contributed by atoms with E-state index < -0.39 is 0 Å². The molecule has 4 rings (SSSR count). The second kappa shape index (κ2) is 9.22. The molecule has 3 aromatic heterocycles. The van der Waals surface area contributed by atoms with E-state index in [1.165, 1.54) is 29.5 Å². The van der Waals surface area contributed by atoms with Gasteiger partial charge in [0.1, 0.15) is 10.6 Å². The fourth-order valence-corrected chi connectivity index (χ4v) is 5.72. The first kappa shape index (κ1) is 20.9. The highest BCUT2D eigenvalue weighted by atomic mass is 32.2. The fraction of sp³-hybridized carbons (Fsp3) is 0.409. The largest absolute Gasteiger partial charge is 0.464 e. The van der Waals surface area contributed by atoms with Crippen LogP contribution in [0.1, 0.15) is 32.6 Å². The number of allylic oxidation sites excluding steroid dienone is 1. The molecule has 30 heavy (non-hydrogen) atoms. The number of rotatable bonds is 7. The van der Waals surface area contributed by atoms with E-state index in [2.05, 4.69) is 18.8 Å². The molecule has 0 radical (unpaired) electrons. The number of thiophene rings is 1. The van der Waals surface area contributed by atoms with Gasteiger partial charge in [-0.1, -0.05) is 37.6 Å². The number of aromatic nitrogens is 2. The first-order chi connectivity index (χ1) is 14.6. The molecule has 6 nitrogen and oxygen atoms in total. The van der Waals surface area contributed by atoms with Crippen molar-refractivity contribution in [2.45, 2.75) is 50.4 Å². The van der Waals surface area contributed by atoms with Gasteiger partial charge in [-0.2, -0.15) is 0 Å². The van der Waals surface area contributed by atoms with E-state index >= 15 is 0 Å². The maximum atomic E-state index is 13.2. The van der Waals surface area contributed by atoms with E-state index in [4.69, 9.17) is 9.40 Å². The van der Waals surface area contributed by atoms with Crippen LogP contribution in [0.4, 0.5) is 0 Å². The molecule has 0 bridgehead atoms. The molecule has 1 N–H and O–H groups in total. The molecule has 158 valence electrons. The summed E-state index contributed by atoms with van der Waals surface area (Å²) >= 11 is 2.70. The summed E-state index contributed by atoms with van der Waals surface area (Å²) in [4.78, 5) is 31.1. The van der Waals surface area contributed by atoms with E-state index in [1.54, 1.807) is 23.0 Å². The lowest BCUT2D eigenvalue weighted by molar-refractivity contribution is -0.119. The van der Waals surface area contributed by atoms with Crippen molar-refractivity contribution < 1.29 is 9.21 Å². The number of carbonyl (C=O) groups is 1. The van der Waals surface area contributed by atoms with Crippen molar-refractivity contribution in [1.29, 1.82) is 0 Å². The van der Waals surface area contributed by atoms with Gasteiger partial charge in [0.05, 0.1) is 17.4 Å². The zero-order chi connectivity index (χ0) is 21.1. The Morgan fingerprint density at radius 1 is 1.47 bits per heavy atom. The maximum Gasteiger partial charge on any atom is 0.263 e. The van der Waals surface area contributed by atoms with E-state index in [9.17, 15) is 9.59 Å². The van der Waals surface area contributed by atoms with Crippen LogP contribution >= 0.6 is 23.1 Å². The van der Waals surface area contributed by atoms with Crippen molar-refractivity contribution in [1.82, 2.24) is 14.9 Å². The Morgan fingerprint density at radius 2 is 2.30 bits per heavy atom. The molecule has 1 fully saturated rings. The molecule has 0 spiro atoms. The highest BCUT2D eigenvalue weighted by Gasteiger charge is 2.23. The molecular weight excluding hydrogens is 418 g/mol. The number of hydrogen-bond donors (Lipinski definition) is 1.